The van der Waals surface area contributed by atoms with E-state index in [1.54, 1.807) is 19.2 Å². The van der Waals surface area contributed by atoms with Crippen molar-refractivity contribution in [2.24, 2.45) is 5.84 Å². The molecule has 0 radical (unpaired) electrons. The Morgan fingerprint density at radius 2 is 2.06 bits per heavy atom. The molecule has 3 nitrogen and oxygen atoms in total. The summed E-state index contributed by atoms with van der Waals surface area (Å²) in [6, 6.07) is 6.85. The summed E-state index contributed by atoms with van der Waals surface area (Å²) in [4.78, 5) is 0. The number of ether oxygens (including phenoxy) is 1. The maximum atomic E-state index is 13.5. The number of rotatable bonds is 7. The van der Waals surface area contributed by atoms with E-state index in [-0.39, 0.29) is 17.5 Å². The Kier molecular flexibility index (Phi) is 5.72. The van der Waals surface area contributed by atoms with Crippen LogP contribution in [0.3, 0.4) is 0 Å². The topological polar surface area (TPSA) is 47.3 Å². The van der Waals surface area contributed by atoms with Gasteiger partial charge in [-0.2, -0.15) is 0 Å². The second-order valence-corrected chi connectivity index (χ2v) is 5.16. The van der Waals surface area contributed by atoms with Crippen LogP contribution in [-0.2, 0) is 11.2 Å². The number of hydrazine groups is 1. The van der Waals surface area contributed by atoms with Crippen molar-refractivity contribution in [2.45, 2.75) is 44.8 Å². The first-order chi connectivity index (χ1) is 8.48. The normalized spacial score (nSPS) is 13.6. The van der Waals surface area contributed by atoms with E-state index < -0.39 is 0 Å². The first-order valence-electron chi connectivity index (χ1n) is 6.23. The van der Waals surface area contributed by atoms with Crippen LogP contribution < -0.4 is 11.3 Å². The molecule has 102 valence electrons. The van der Waals surface area contributed by atoms with E-state index in [1.165, 1.54) is 6.07 Å². The number of hydrogen-bond acceptors (Lipinski definition) is 3. The summed E-state index contributed by atoms with van der Waals surface area (Å²) in [5.74, 6) is 5.35. The second kappa shape index (κ2) is 6.83. The molecule has 1 unspecified atom stereocenters. The minimum atomic E-state index is -0.177. The van der Waals surface area contributed by atoms with Gasteiger partial charge in [0.1, 0.15) is 5.82 Å². The summed E-state index contributed by atoms with van der Waals surface area (Å²) in [5.41, 5.74) is 3.27. The fraction of sp³-hybridized carbons (Fsp3) is 0.571. The first kappa shape index (κ1) is 15.1. The highest BCUT2D eigenvalue weighted by Crippen LogP contribution is 2.18. The molecule has 18 heavy (non-hydrogen) atoms. The Morgan fingerprint density at radius 1 is 1.39 bits per heavy atom. The predicted molar refractivity (Wildman–Crippen MR) is 71.5 cm³/mol. The molecule has 0 heterocycles. The van der Waals surface area contributed by atoms with Crippen LogP contribution in [0.4, 0.5) is 4.39 Å². The van der Waals surface area contributed by atoms with E-state index in [4.69, 9.17) is 10.6 Å². The van der Waals surface area contributed by atoms with Crippen LogP contribution >= 0.6 is 0 Å². The SMILES string of the molecule is COC(C)(C)CCC(Cc1ccccc1F)NN. The summed E-state index contributed by atoms with van der Waals surface area (Å²) in [5, 5.41) is 0. The maximum Gasteiger partial charge on any atom is 0.126 e. The molecular weight excluding hydrogens is 231 g/mol. The molecule has 0 aliphatic heterocycles. The molecule has 0 saturated carbocycles. The van der Waals surface area contributed by atoms with E-state index in [0.717, 1.165) is 12.8 Å². The van der Waals surface area contributed by atoms with Crippen molar-refractivity contribution in [1.82, 2.24) is 5.43 Å². The molecule has 0 saturated heterocycles. The van der Waals surface area contributed by atoms with Gasteiger partial charge in [-0.05, 0) is 44.7 Å². The third-order valence-corrected chi connectivity index (χ3v) is 3.31. The summed E-state index contributed by atoms with van der Waals surface area (Å²) in [7, 11) is 1.70. The Bertz CT molecular complexity index is 369. The number of methoxy groups -OCH3 is 1. The molecule has 1 atom stereocenters. The number of nitrogens with one attached hydrogen (secondary N) is 1. The van der Waals surface area contributed by atoms with Gasteiger partial charge in [-0.15, -0.1) is 0 Å². The van der Waals surface area contributed by atoms with E-state index in [0.29, 0.717) is 12.0 Å². The lowest BCUT2D eigenvalue weighted by Gasteiger charge is -2.25. The van der Waals surface area contributed by atoms with Crippen molar-refractivity contribution in [3.63, 3.8) is 0 Å². The largest absolute Gasteiger partial charge is 0.379 e. The average Bonchev–Trinajstić information content (AvgIpc) is 2.36. The third kappa shape index (κ3) is 4.72. The Morgan fingerprint density at radius 3 is 2.61 bits per heavy atom. The molecule has 1 aromatic carbocycles. The first-order valence-corrected chi connectivity index (χ1v) is 6.23. The summed E-state index contributed by atoms with van der Waals surface area (Å²) >= 11 is 0. The van der Waals surface area contributed by atoms with Gasteiger partial charge in [0.15, 0.2) is 0 Å². The van der Waals surface area contributed by atoms with Gasteiger partial charge in [0.2, 0.25) is 0 Å². The van der Waals surface area contributed by atoms with Crippen LogP contribution in [0.1, 0.15) is 32.3 Å². The molecule has 1 aromatic rings. The number of benzene rings is 1. The quantitative estimate of drug-likeness (QED) is 0.580. The van der Waals surface area contributed by atoms with Gasteiger partial charge < -0.3 is 4.74 Å². The lowest BCUT2D eigenvalue weighted by atomic mass is 9.95. The molecule has 0 aliphatic carbocycles. The highest BCUT2D eigenvalue weighted by Gasteiger charge is 2.19. The van der Waals surface area contributed by atoms with Crippen LogP contribution in [0.15, 0.2) is 24.3 Å². The number of hydrogen-bond donors (Lipinski definition) is 2. The van der Waals surface area contributed by atoms with Crippen molar-refractivity contribution in [3.05, 3.63) is 35.6 Å². The van der Waals surface area contributed by atoms with Crippen molar-refractivity contribution in [1.29, 1.82) is 0 Å². The molecule has 0 aromatic heterocycles. The molecule has 0 spiro atoms. The van der Waals surface area contributed by atoms with Gasteiger partial charge in [0.25, 0.3) is 0 Å². The summed E-state index contributed by atoms with van der Waals surface area (Å²) in [6.45, 7) is 4.06. The standard InChI is InChI=1S/C14H23FN2O/c1-14(2,18-3)9-8-12(17-16)10-11-6-4-5-7-13(11)15/h4-7,12,17H,8-10,16H2,1-3H3. The number of halogens is 1. The van der Waals surface area contributed by atoms with Gasteiger partial charge in [0, 0.05) is 13.2 Å². The van der Waals surface area contributed by atoms with Gasteiger partial charge >= 0.3 is 0 Å². The van der Waals surface area contributed by atoms with Crippen molar-refractivity contribution in [3.8, 4) is 0 Å². The minimum Gasteiger partial charge on any atom is -0.379 e. The van der Waals surface area contributed by atoms with Crippen LogP contribution in [0.25, 0.3) is 0 Å². The molecular formula is C14H23FN2O. The van der Waals surface area contributed by atoms with Crippen LogP contribution in [0.2, 0.25) is 0 Å². The highest BCUT2D eigenvalue weighted by atomic mass is 19.1. The zero-order chi connectivity index (χ0) is 13.6. The summed E-state index contributed by atoms with van der Waals surface area (Å²) in [6.07, 6.45) is 2.29. The van der Waals surface area contributed by atoms with Gasteiger partial charge in [0.05, 0.1) is 5.60 Å². The molecule has 0 fully saturated rings. The van der Waals surface area contributed by atoms with E-state index in [1.807, 2.05) is 19.9 Å². The lowest BCUT2D eigenvalue weighted by molar-refractivity contribution is 0.0117. The Labute approximate surface area is 108 Å². The maximum absolute atomic E-state index is 13.5. The second-order valence-electron chi connectivity index (χ2n) is 5.16. The molecule has 1 rings (SSSR count). The van der Waals surface area contributed by atoms with Gasteiger partial charge in [-0.1, -0.05) is 18.2 Å². The minimum absolute atomic E-state index is 0.0522. The smallest absolute Gasteiger partial charge is 0.126 e. The van der Waals surface area contributed by atoms with E-state index in [9.17, 15) is 4.39 Å². The van der Waals surface area contributed by atoms with E-state index in [2.05, 4.69) is 5.43 Å². The third-order valence-electron chi connectivity index (χ3n) is 3.31. The van der Waals surface area contributed by atoms with Gasteiger partial charge in [-0.25, -0.2) is 4.39 Å². The van der Waals surface area contributed by atoms with Crippen LogP contribution in [-0.4, -0.2) is 18.8 Å². The van der Waals surface area contributed by atoms with Crippen LogP contribution in [0.5, 0.6) is 0 Å². The van der Waals surface area contributed by atoms with Crippen molar-refractivity contribution >= 4 is 0 Å². The van der Waals surface area contributed by atoms with Gasteiger partial charge in [-0.3, -0.25) is 11.3 Å². The highest BCUT2D eigenvalue weighted by molar-refractivity contribution is 5.18. The molecule has 0 amide bonds. The van der Waals surface area contributed by atoms with Crippen molar-refractivity contribution < 1.29 is 9.13 Å². The lowest BCUT2D eigenvalue weighted by Crippen LogP contribution is -2.38. The molecule has 4 heteroatoms. The van der Waals surface area contributed by atoms with E-state index >= 15 is 0 Å². The fourth-order valence-corrected chi connectivity index (χ4v) is 1.80. The zero-order valence-corrected chi connectivity index (χ0v) is 11.4. The fourth-order valence-electron chi connectivity index (χ4n) is 1.80. The Balaban J connectivity index is 2.55. The molecule has 0 bridgehead atoms. The molecule has 0 aliphatic rings. The van der Waals surface area contributed by atoms with Crippen LogP contribution in [0, 0.1) is 5.82 Å². The predicted octanol–water partition coefficient (Wildman–Crippen LogP) is 2.41. The monoisotopic (exact) mass is 254 g/mol. The zero-order valence-electron chi connectivity index (χ0n) is 11.4. The molecule has 3 N–H and O–H groups in total. The number of nitrogens with two attached hydrogens (primary N) is 1. The summed E-state index contributed by atoms with van der Waals surface area (Å²) < 4.78 is 18.9. The Hall–Kier alpha value is -0.970. The van der Waals surface area contributed by atoms with Crippen molar-refractivity contribution in [2.75, 3.05) is 7.11 Å². The average molecular weight is 254 g/mol.